The molecule has 4 fully saturated rings. The maximum atomic E-state index is 17.2. The number of alkyl halides is 3. The van der Waals surface area contributed by atoms with Crippen molar-refractivity contribution in [3.8, 4) is 23.2 Å². The second-order valence-corrected chi connectivity index (χ2v) is 15.8. The van der Waals surface area contributed by atoms with Crippen LogP contribution in [0.1, 0.15) is 49.9 Å². The molecule has 5 aromatic rings. The number of likely N-dealkylation sites (tertiary alicyclic amines) is 1. The van der Waals surface area contributed by atoms with Crippen LogP contribution < -0.4 is 15.4 Å². The Morgan fingerprint density at radius 2 is 2.00 bits per heavy atom. The second-order valence-electron chi connectivity index (χ2n) is 14.3. The second kappa shape index (κ2) is 12.6. The van der Waals surface area contributed by atoms with Crippen LogP contribution in [0.2, 0.25) is 5.02 Å². The van der Waals surface area contributed by atoms with E-state index >= 15 is 4.39 Å². The maximum absolute atomic E-state index is 17.2. The summed E-state index contributed by atoms with van der Waals surface area (Å²) in [6, 6.07) is 5.25. The van der Waals surface area contributed by atoms with Gasteiger partial charge in [-0.1, -0.05) is 17.7 Å². The molecule has 2 aromatic carbocycles. The average Bonchev–Trinajstić information content (AvgIpc) is 3.96. The molecule has 0 unspecified atom stereocenters. The van der Waals surface area contributed by atoms with Crippen molar-refractivity contribution in [3.63, 3.8) is 0 Å². The molecule has 1 amide bonds. The van der Waals surface area contributed by atoms with Gasteiger partial charge in [-0.05, 0) is 49.9 Å². The van der Waals surface area contributed by atoms with Gasteiger partial charge in [-0.15, -0.1) is 16.4 Å². The van der Waals surface area contributed by atoms with Gasteiger partial charge in [-0.25, -0.2) is 31.7 Å². The molecule has 12 nitrogen and oxygen atoms in total. The van der Waals surface area contributed by atoms with Crippen molar-refractivity contribution in [2.24, 2.45) is 0 Å². The summed E-state index contributed by atoms with van der Waals surface area (Å²) in [5.74, 6) is -1.97. The first-order valence-corrected chi connectivity index (χ1v) is 18.5. The number of nitriles is 1. The third-order valence-electron chi connectivity index (χ3n) is 11.4. The first-order chi connectivity index (χ1) is 25.9. The number of nitrogens with two attached hydrogens (primary N) is 1. The third-order valence-corrected chi connectivity index (χ3v) is 12.7. The van der Waals surface area contributed by atoms with Gasteiger partial charge in [0.05, 0.1) is 26.4 Å². The molecule has 4 aliphatic heterocycles. The van der Waals surface area contributed by atoms with E-state index in [1.54, 1.807) is 4.90 Å². The highest BCUT2D eigenvalue weighted by atomic mass is 35.5. The van der Waals surface area contributed by atoms with Gasteiger partial charge in [0.25, 0.3) is 6.43 Å². The fourth-order valence-electron chi connectivity index (χ4n) is 8.76. The van der Waals surface area contributed by atoms with Gasteiger partial charge < -0.3 is 20.3 Å². The van der Waals surface area contributed by atoms with Crippen molar-refractivity contribution < 1.29 is 31.5 Å². The molecule has 54 heavy (non-hydrogen) atoms. The van der Waals surface area contributed by atoms with Gasteiger partial charge in [-0.2, -0.15) is 19.9 Å². The molecule has 4 aliphatic rings. The summed E-state index contributed by atoms with van der Waals surface area (Å²) in [4.78, 5) is 31.7. The molecule has 280 valence electrons. The number of halogens is 6. The Kier molecular flexibility index (Phi) is 8.14. The monoisotopic (exact) mass is 784 g/mol. The number of rotatable bonds is 6. The summed E-state index contributed by atoms with van der Waals surface area (Å²) in [5, 5.41) is 13.9. The number of hydrogen-bond donors (Lipinski definition) is 1. The number of nitrogen functional groups attached to an aromatic ring is 1. The number of amides is 1. The summed E-state index contributed by atoms with van der Waals surface area (Å²) >= 11 is 7.74. The Balaban J connectivity index is 1.13. The van der Waals surface area contributed by atoms with Crippen LogP contribution in [0.4, 0.5) is 37.6 Å². The van der Waals surface area contributed by atoms with E-state index in [-0.39, 0.29) is 79.1 Å². The summed E-state index contributed by atoms with van der Waals surface area (Å²) in [7, 11) is 0. The maximum Gasteiger partial charge on any atom is 0.346 e. The quantitative estimate of drug-likeness (QED) is 0.185. The predicted molar refractivity (Wildman–Crippen MR) is 190 cm³/mol. The van der Waals surface area contributed by atoms with Crippen molar-refractivity contribution in [3.05, 3.63) is 52.6 Å². The molecule has 2 N–H and O–H groups in total. The first-order valence-electron chi connectivity index (χ1n) is 17.3. The zero-order valence-electron chi connectivity index (χ0n) is 28.3. The van der Waals surface area contributed by atoms with E-state index in [0.29, 0.717) is 32.5 Å². The van der Waals surface area contributed by atoms with Gasteiger partial charge in [0, 0.05) is 48.9 Å². The molecule has 3 atom stereocenters. The Morgan fingerprint density at radius 1 is 1.19 bits per heavy atom. The molecule has 9 rings (SSSR count). The number of fused-ring (bicyclic) bond motifs is 3. The number of nitrogens with zero attached hydrogens (tertiary/aromatic N) is 9. The topological polar surface area (TPSA) is 142 Å². The predicted octanol–water partition coefficient (Wildman–Crippen LogP) is 6.70. The third kappa shape index (κ3) is 5.26. The van der Waals surface area contributed by atoms with Crippen LogP contribution >= 0.6 is 22.9 Å². The van der Waals surface area contributed by atoms with E-state index in [2.05, 4.69) is 20.0 Å². The normalized spacial score (nSPS) is 23.9. The molecule has 0 bridgehead atoms. The highest BCUT2D eigenvalue weighted by molar-refractivity contribution is 7.23. The lowest BCUT2D eigenvalue weighted by Crippen LogP contribution is -2.64. The van der Waals surface area contributed by atoms with E-state index in [1.807, 2.05) is 11.0 Å². The van der Waals surface area contributed by atoms with Crippen LogP contribution in [-0.2, 0) is 0 Å². The number of thiophene rings is 1. The fraction of sp³-hybridized carbons (Fsp3) is 0.429. The van der Waals surface area contributed by atoms with E-state index < -0.39 is 47.2 Å². The van der Waals surface area contributed by atoms with Crippen LogP contribution in [0, 0.1) is 23.0 Å². The van der Waals surface area contributed by atoms with Gasteiger partial charge in [0.15, 0.2) is 5.82 Å². The average molecular weight is 785 g/mol. The van der Waals surface area contributed by atoms with Gasteiger partial charge >= 0.3 is 12.0 Å². The lowest BCUT2D eigenvalue weighted by molar-refractivity contribution is 0.0398. The number of anilines is 2. The minimum absolute atomic E-state index is 0.00569. The summed E-state index contributed by atoms with van der Waals surface area (Å²) in [6.45, 7) is 2.09. The van der Waals surface area contributed by atoms with E-state index in [0.717, 1.165) is 47.8 Å². The Bertz CT molecular complexity index is 2420. The van der Waals surface area contributed by atoms with E-state index in [9.17, 15) is 27.6 Å². The Morgan fingerprint density at radius 3 is 2.74 bits per heavy atom. The molecule has 0 radical (unpaired) electrons. The van der Waals surface area contributed by atoms with Crippen LogP contribution in [0.15, 0.2) is 24.5 Å². The van der Waals surface area contributed by atoms with Gasteiger partial charge in [0.1, 0.15) is 47.3 Å². The first kappa shape index (κ1) is 34.9. The van der Waals surface area contributed by atoms with Crippen molar-refractivity contribution in [1.29, 1.82) is 5.26 Å². The lowest BCUT2D eigenvalue weighted by Gasteiger charge is -2.50. The Labute approximate surface area is 312 Å². The van der Waals surface area contributed by atoms with Crippen LogP contribution in [0.25, 0.3) is 32.1 Å². The minimum Gasteiger partial charge on any atom is -0.461 e. The molecule has 0 aliphatic carbocycles. The smallest absolute Gasteiger partial charge is 0.346 e. The van der Waals surface area contributed by atoms with Crippen molar-refractivity contribution in [2.45, 2.75) is 55.8 Å². The number of carbonyl (C=O) groups is 1. The van der Waals surface area contributed by atoms with Gasteiger partial charge in [-0.3, -0.25) is 4.90 Å². The zero-order valence-corrected chi connectivity index (χ0v) is 29.9. The number of ether oxygens (including phenoxy) is 1. The summed E-state index contributed by atoms with van der Waals surface area (Å²) in [5.41, 5.74) is 4.67. The highest BCUT2D eigenvalue weighted by Crippen LogP contribution is 2.48. The molecular formula is C35H30ClF5N10O2S. The largest absolute Gasteiger partial charge is 0.461 e. The highest BCUT2D eigenvalue weighted by Gasteiger charge is 2.53. The molecule has 0 saturated carbocycles. The molecule has 1 spiro atoms. The minimum atomic E-state index is -2.93. The number of benzene rings is 2. The standard InChI is InChI=1S/C35H30ClF5N10O2S/c36-21-10-19-26(25(39)24(21)18-2-3-22(38)27-23(18)20(12-42)29(43)54-27)45-32(53-15-35-4-1-7-49(35)13-17(37)11-35)46-31(19)48-8-5-34(14-48)6-9-50(34)33(52)51-16-44-30(47-51)28(40)41/h2-3,10,16-17,28H,1,4-9,11,13-15,43H2/t17-,34-,35+/m1/s1. The van der Waals surface area contributed by atoms with E-state index in [1.165, 1.54) is 12.1 Å². The summed E-state index contributed by atoms with van der Waals surface area (Å²) < 4.78 is 80.2. The van der Waals surface area contributed by atoms with Crippen molar-refractivity contribution >= 4 is 60.8 Å². The van der Waals surface area contributed by atoms with Gasteiger partial charge in [0.2, 0.25) is 5.82 Å². The molecule has 7 heterocycles. The SMILES string of the molecule is N#Cc1c(N)sc2c(F)ccc(-c3c(Cl)cc4c(N5CC[C@@]6(CCN6C(=O)n6cnc(C(F)F)n6)C5)nc(OC[C@@]56CCCN5C[C@H](F)C6)nc4c3F)c12. The molecule has 3 aromatic heterocycles. The van der Waals surface area contributed by atoms with Crippen LogP contribution in [0.5, 0.6) is 6.01 Å². The molecule has 19 heteroatoms. The molecular weight excluding hydrogens is 755 g/mol. The zero-order chi connectivity index (χ0) is 37.7. The fourth-order valence-corrected chi connectivity index (χ4v) is 10.0. The van der Waals surface area contributed by atoms with E-state index in [4.69, 9.17) is 27.1 Å². The Hall–Kier alpha value is -4.86. The lowest BCUT2D eigenvalue weighted by atomic mass is 9.84. The summed E-state index contributed by atoms with van der Waals surface area (Å²) in [6.07, 6.45) is -0.0101. The van der Waals surface area contributed by atoms with Crippen molar-refractivity contribution in [1.82, 2.24) is 34.5 Å². The van der Waals surface area contributed by atoms with Crippen LogP contribution in [-0.4, -0.2) is 97.1 Å². The molecule has 4 saturated heterocycles. The number of aromatic nitrogens is 5. The van der Waals surface area contributed by atoms with Crippen molar-refractivity contribution in [2.75, 3.05) is 50.0 Å². The van der Waals surface area contributed by atoms with Crippen LogP contribution in [0.3, 0.4) is 0 Å². The number of hydrogen-bond acceptors (Lipinski definition) is 11. The number of carbonyl (C=O) groups excluding carboxylic acids is 1.